The SMILES string of the molecule is CC(C)C1CCC(Br)C(Cc2cc(Cl)ccc2F)C1. The quantitative estimate of drug-likeness (QED) is 0.601. The molecule has 0 radical (unpaired) electrons. The first kappa shape index (κ1) is 15.3. The number of rotatable bonds is 3. The van der Waals surface area contributed by atoms with E-state index in [4.69, 9.17) is 11.6 Å². The highest BCUT2D eigenvalue weighted by molar-refractivity contribution is 9.09. The molecule has 0 amide bonds. The first-order valence-corrected chi connectivity index (χ1v) is 8.34. The van der Waals surface area contributed by atoms with Crippen LogP contribution in [0.2, 0.25) is 5.02 Å². The van der Waals surface area contributed by atoms with Crippen LogP contribution in [-0.2, 0) is 6.42 Å². The lowest BCUT2D eigenvalue weighted by Crippen LogP contribution is -2.29. The molecule has 0 nitrogen and oxygen atoms in total. The Morgan fingerprint density at radius 3 is 2.79 bits per heavy atom. The normalized spacial score (nSPS) is 27.8. The first-order chi connectivity index (χ1) is 8.97. The summed E-state index contributed by atoms with van der Waals surface area (Å²) in [6.07, 6.45) is 4.43. The van der Waals surface area contributed by atoms with Crippen LogP contribution < -0.4 is 0 Å². The molecule has 0 spiro atoms. The summed E-state index contributed by atoms with van der Waals surface area (Å²) in [5, 5.41) is 0.624. The minimum atomic E-state index is -0.129. The van der Waals surface area contributed by atoms with Crippen molar-refractivity contribution in [3.8, 4) is 0 Å². The van der Waals surface area contributed by atoms with Crippen LogP contribution in [0.1, 0.15) is 38.7 Å². The van der Waals surface area contributed by atoms with Crippen LogP contribution in [0.3, 0.4) is 0 Å². The van der Waals surface area contributed by atoms with Crippen LogP contribution in [-0.4, -0.2) is 4.83 Å². The van der Waals surface area contributed by atoms with E-state index in [9.17, 15) is 4.39 Å². The summed E-state index contributed by atoms with van der Waals surface area (Å²) in [6.45, 7) is 4.58. The second-order valence-electron chi connectivity index (χ2n) is 6.03. The molecule has 2 rings (SSSR count). The van der Waals surface area contributed by atoms with E-state index in [1.54, 1.807) is 12.1 Å². The van der Waals surface area contributed by atoms with E-state index in [1.807, 2.05) is 0 Å². The third-order valence-electron chi connectivity index (χ3n) is 4.36. The fourth-order valence-corrected chi connectivity index (χ4v) is 3.92. The highest BCUT2D eigenvalue weighted by Gasteiger charge is 2.30. The molecule has 1 aliphatic carbocycles. The van der Waals surface area contributed by atoms with Gasteiger partial charge in [-0.2, -0.15) is 0 Å². The van der Waals surface area contributed by atoms with Gasteiger partial charge in [0.1, 0.15) is 5.82 Å². The van der Waals surface area contributed by atoms with Gasteiger partial charge >= 0.3 is 0 Å². The smallest absolute Gasteiger partial charge is 0.126 e. The second-order valence-corrected chi connectivity index (χ2v) is 7.65. The van der Waals surface area contributed by atoms with Gasteiger partial charge in [0.2, 0.25) is 0 Å². The van der Waals surface area contributed by atoms with Crippen molar-refractivity contribution < 1.29 is 4.39 Å². The monoisotopic (exact) mass is 346 g/mol. The molecular formula is C16H21BrClF. The van der Waals surface area contributed by atoms with Crippen molar-refractivity contribution in [3.05, 3.63) is 34.6 Å². The lowest BCUT2D eigenvalue weighted by Gasteiger charge is -2.35. The molecule has 1 aromatic rings. The molecule has 1 saturated carbocycles. The lowest BCUT2D eigenvalue weighted by atomic mass is 9.74. The minimum Gasteiger partial charge on any atom is -0.207 e. The Bertz CT molecular complexity index is 433. The topological polar surface area (TPSA) is 0 Å². The Morgan fingerprint density at radius 1 is 1.37 bits per heavy atom. The molecule has 3 heteroatoms. The zero-order valence-corrected chi connectivity index (χ0v) is 13.8. The van der Waals surface area contributed by atoms with Crippen LogP contribution in [0.4, 0.5) is 4.39 Å². The number of benzene rings is 1. The molecule has 3 unspecified atom stereocenters. The average molecular weight is 348 g/mol. The van der Waals surface area contributed by atoms with E-state index in [-0.39, 0.29) is 5.82 Å². The molecule has 1 aromatic carbocycles. The molecule has 0 N–H and O–H groups in total. The van der Waals surface area contributed by atoms with Gasteiger partial charge in [-0.05, 0) is 67.2 Å². The summed E-state index contributed by atoms with van der Waals surface area (Å²) in [6, 6.07) is 4.86. The summed E-state index contributed by atoms with van der Waals surface area (Å²) < 4.78 is 13.8. The minimum absolute atomic E-state index is 0.129. The Balaban J connectivity index is 2.09. The molecule has 0 aliphatic heterocycles. The van der Waals surface area contributed by atoms with Gasteiger partial charge < -0.3 is 0 Å². The van der Waals surface area contributed by atoms with Gasteiger partial charge in [-0.15, -0.1) is 0 Å². The highest BCUT2D eigenvalue weighted by atomic mass is 79.9. The molecule has 3 atom stereocenters. The molecule has 0 saturated heterocycles. The fourth-order valence-electron chi connectivity index (χ4n) is 3.06. The Kier molecular flexibility index (Phi) is 5.30. The molecular weight excluding hydrogens is 327 g/mol. The van der Waals surface area contributed by atoms with Crippen LogP contribution in [0, 0.1) is 23.6 Å². The molecule has 19 heavy (non-hydrogen) atoms. The van der Waals surface area contributed by atoms with Crippen LogP contribution in [0.5, 0.6) is 0 Å². The largest absolute Gasteiger partial charge is 0.207 e. The number of hydrogen-bond acceptors (Lipinski definition) is 0. The Hall–Kier alpha value is -0.0800. The maximum atomic E-state index is 13.8. The van der Waals surface area contributed by atoms with E-state index in [0.717, 1.165) is 17.9 Å². The molecule has 0 heterocycles. The van der Waals surface area contributed by atoms with Crippen molar-refractivity contribution in [2.75, 3.05) is 0 Å². The third kappa shape index (κ3) is 3.95. The lowest BCUT2D eigenvalue weighted by molar-refractivity contribution is 0.222. The van der Waals surface area contributed by atoms with E-state index in [2.05, 4.69) is 29.8 Å². The molecule has 1 fully saturated rings. The Morgan fingerprint density at radius 2 is 2.11 bits per heavy atom. The average Bonchev–Trinajstić information content (AvgIpc) is 2.36. The summed E-state index contributed by atoms with van der Waals surface area (Å²) in [5.41, 5.74) is 0.756. The second kappa shape index (κ2) is 6.58. The van der Waals surface area contributed by atoms with Gasteiger partial charge in [0, 0.05) is 9.85 Å². The van der Waals surface area contributed by atoms with Crippen LogP contribution in [0.15, 0.2) is 18.2 Å². The molecule has 0 aromatic heterocycles. The summed E-state index contributed by atoms with van der Waals surface area (Å²) in [4.78, 5) is 0.501. The van der Waals surface area contributed by atoms with Gasteiger partial charge in [0.05, 0.1) is 0 Å². The van der Waals surface area contributed by atoms with Crippen LogP contribution >= 0.6 is 27.5 Å². The van der Waals surface area contributed by atoms with Gasteiger partial charge in [0.15, 0.2) is 0 Å². The van der Waals surface area contributed by atoms with Crippen molar-refractivity contribution in [2.24, 2.45) is 17.8 Å². The van der Waals surface area contributed by atoms with Gasteiger partial charge in [-0.3, -0.25) is 0 Å². The van der Waals surface area contributed by atoms with Gasteiger partial charge in [-0.1, -0.05) is 41.4 Å². The van der Waals surface area contributed by atoms with Crippen molar-refractivity contribution in [1.29, 1.82) is 0 Å². The maximum Gasteiger partial charge on any atom is 0.126 e. The van der Waals surface area contributed by atoms with Crippen molar-refractivity contribution in [1.82, 2.24) is 0 Å². The first-order valence-electron chi connectivity index (χ1n) is 7.05. The number of hydrogen-bond donors (Lipinski definition) is 0. The standard InChI is InChI=1S/C16H21BrClF/c1-10(2)11-3-5-15(17)12(7-11)8-13-9-14(18)4-6-16(13)19/h4,6,9-12,15H,3,5,7-8H2,1-2H3. The van der Waals surface area contributed by atoms with Crippen molar-refractivity contribution in [3.63, 3.8) is 0 Å². The zero-order chi connectivity index (χ0) is 14.0. The summed E-state index contributed by atoms with van der Waals surface area (Å²) in [5.74, 6) is 1.86. The van der Waals surface area contributed by atoms with Crippen molar-refractivity contribution >= 4 is 27.5 Å². The maximum absolute atomic E-state index is 13.8. The predicted molar refractivity (Wildman–Crippen MR) is 83.5 cm³/mol. The van der Waals surface area contributed by atoms with E-state index in [0.29, 0.717) is 21.7 Å². The molecule has 1 aliphatic rings. The summed E-state index contributed by atoms with van der Waals surface area (Å²) >= 11 is 9.75. The van der Waals surface area contributed by atoms with E-state index < -0.39 is 0 Å². The highest BCUT2D eigenvalue weighted by Crippen LogP contribution is 2.39. The van der Waals surface area contributed by atoms with Crippen LogP contribution in [0.25, 0.3) is 0 Å². The number of halogens is 3. The Labute approximate surface area is 128 Å². The fraction of sp³-hybridized carbons (Fsp3) is 0.625. The molecule has 106 valence electrons. The zero-order valence-electron chi connectivity index (χ0n) is 11.5. The van der Waals surface area contributed by atoms with Gasteiger partial charge in [0.25, 0.3) is 0 Å². The van der Waals surface area contributed by atoms with Gasteiger partial charge in [-0.25, -0.2) is 4.39 Å². The number of alkyl halides is 1. The van der Waals surface area contributed by atoms with E-state index in [1.165, 1.54) is 25.3 Å². The summed E-state index contributed by atoms with van der Waals surface area (Å²) in [7, 11) is 0. The van der Waals surface area contributed by atoms with E-state index >= 15 is 0 Å². The molecule has 0 bridgehead atoms. The third-order valence-corrected chi connectivity index (χ3v) is 5.80. The van der Waals surface area contributed by atoms with Crippen molar-refractivity contribution in [2.45, 2.75) is 44.4 Å². The predicted octanol–water partition coefficient (Wildman–Crippen LogP) is 5.86.